The van der Waals surface area contributed by atoms with Gasteiger partial charge in [0.25, 0.3) is 0 Å². The van der Waals surface area contributed by atoms with Crippen LogP contribution in [0.2, 0.25) is 0 Å². The van der Waals surface area contributed by atoms with Gasteiger partial charge in [-0.25, -0.2) is 0 Å². The van der Waals surface area contributed by atoms with E-state index in [2.05, 4.69) is 9.68 Å². The number of rotatable bonds is 2. The highest BCUT2D eigenvalue weighted by atomic mass is 19.3. The molecule has 0 saturated carbocycles. The molecule has 2 nitrogen and oxygen atoms in total. The van der Waals surface area contributed by atoms with Gasteiger partial charge < -0.3 is 4.74 Å². The average molecular weight is 178 g/mol. The van der Waals surface area contributed by atoms with Gasteiger partial charge in [-0.2, -0.15) is 8.78 Å². The van der Waals surface area contributed by atoms with Gasteiger partial charge in [-0.05, 0) is 12.1 Å². The van der Waals surface area contributed by atoms with Crippen molar-refractivity contribution in [3.8, 4) is 11.5 Å². The Kier molecular flexibility index (Phi) is 2.42. The van der Waals surface area contributed by atoms with Crippen LogP contribution in [-0.4, -0.2) is 7.11 Å². The highest BCUT2D eigenvalue weighted by Crippen LogP contribution is 2.27. The lowest BCUT2D eigenvalue weighted by Gasteiger charge is -2.02. The van der Waals surface area contributed by atoms with Crippen molar-refractivity contribution in [2.75, 3.05) is 7.11 Å². The van der Waals surface area contributed by atoms with Crippen LogP contribution in [0.1, 0.15) is 0 Å². The third-order valence-corrected chi connectivity index (χ3v) is 1.31. The molecule has 1 aromatic rings. The Morgan fingerprint density at radius 1 is 1.08 bits per heavy atom. The van der Waals surface area contributed by atoms with Crippen LogP contribution >= 0.6 is 0 Å². The van der Waals surface area contributed by atoms with Crippen LogP contribution in [0.4, 0.5) is 13.3 Å². The maximum atomic E-state index is 12.7. The quantitative estimate of drug-likeness (QED) is 0.691. The largest absolute Gasteiger partial charge is 0.494 e. The minimum Gasteiger partial charge on any atom is -0.494 e. The van der Waals surface area contributed by atoms with E-state index in [1.54, 1.807) is 0 Å². The van der Waals surface area contributed by atoms with Gasteiger partial charge in [0.15, 0.2) is 5.75 Å². The number of hydrogen-bond donors (Lipinski definition) is 0. The monoisotopic (exact) mass is 178 g/mol. The van der Waals surface area contributed by atoms with Crippen molar-refractivity contribution in [2.45, 2.75) is 0 Å². The number of methoxy groups -OCH3 is 1. The van der Waals surface area contributed by atoms with Gasteiger partial charge in [0, 0.05) is 4.53 Å². The molecule has 0 heterocycles. The lowest BCUT2D eigenvalue weighted by atomic mass is 10.3. The van der Waals surface area contributed by atoms with E-state index in [0.717, 1.165) is 12.1 Å². The molecule has 1 aromatic carbocycles. The first-order valence-corrected chi connectivity index (χ1v) is 3.01. The summed E-state index contributed by atoms with van der Waals surface area (Å²) < 4.78 is 41.2. The summed E-state index contributed by atoms with van der Waals surface area (Å²) in [5.41, 5.74) is 0. The maximum absolute atomic E-state index is 12.7. The van der Waals surface area contributed by atoms with Crippen molar-refractivity contribution in [2.24, 2.45) is 0 Å². The molecule has 12 heavy (non-hydrogen) atoms. The molecule has 0 bridgehead atoms. The second kappa shape index (κ2) is 3.34. The molecule has 5 heteroatoms. The highest BCUT2D eigenvalue weighted by molar-refractivity contribution is 5.34. The summed E-state index contributed by atoms with van der Waals surface area (Å²) in [5, 5.41) is 0. The van der Waals surface area contributed by atoms with Crippen LogP contribution in [-0.2, 0) is 0 Å². The Bertz CT molecular complexity index is 259. The molecule has 0 radical (unpaired) electrons. The van der Waals surface area contributed by atoms with Crippen LogP contribution in [0.15, 0.2) is 12.1 Å². The molecule has 0 aliphatic carbocycles. The Morgan fingerprint density at radius 3 is 2.08 bits per heavy atom. The lowest BCUT2D eigenvalue weighted by molar-refractivity contribution is -0.0115. The second-order valence-corrected chi connectivity index (χ2v) is 1.97. The molecule has 0 aromatic heterocycles. The summed E-state index contributed by atoms with van der Waals surface area (Å²) in [6.07, 6.45) is 0. The molecule has 1 rings (SSSR count). The van der Waals surface area contributed by atoms with Gasteiger partial charge in [0.05, 0.1) is 7.11 Å². The molecule has 0 fully saturated rings. The third-order valence-electron chi connectivity index (χ3n) is 1.31. The fourth-order valence-electron chi connectivity index (χ4n) is 0.731. The Hall–Kier alpha value is -1.39. The Balaban J connectivity index is 3.20. The predicted molar refractivity (Wildman–Crippen MR) is 34.6 cm³/mol. The number of hydrogen-bond acceptors (Lipinski definition) is 2. The van der Waals surface area contributed by atoms with Gasteiger partial charge in [-0.1, -0.05) is 0 Å². The minimum absolute atomic E-state index is 0.298. The van der Waals surface area contributed by atoms with Gasteiger partial charge >= 0.3 is 0 Å². The fraction of sp³-hybridized carbons (Fsp3) is 0.143. The molecule has 0 amide bonds. The first kappa shape index (κ1) is 8.70. The third kappa shape index (κ3) is 1.30. The van der Waals surface area contributed by atoms with Crippen LogP contribution in [0.3, 0.4) is 0 Å². The van der Waals surface area contributed by atoms with Crippen molar-refractivity contribution >= 4 is 0 Å². The van der Waals surface area contributed by atoms with Gasteiger partial charge in [0.2, 0.25) is 17.4 Å². The maximum Gasteiger partial charge on any atom is 0.210 e. The molecule has 0 aliphatic rings. The van der Waals surface area contributed by atoms with Gasteiger partial charge in [-0.15, -0.1) is 0 Å². The van der Waals surface area contributed by atoms with E-state index in [1.165, 1.54) is 7.11 Å². The summed E-state index contributed by atoms with van der Waals surface area (Å²) in [6.45, 7) is 0. The van der Waals surface area contributed by atoms with Crippen molar-refractivity contribution in [3.05, 3.63) is 23.8 Å². The van der Waals surface area contributed by atoms with Crippen LogP contribution < -0.4 is 9.68 Å². The summed E-state index contributed by atoms with van der Waals surface area (Å²) in [7, 11) is 1.17. The van der Waals surface area contributed by atoms with Crippen molar-refractivity contribution in [1.29, 1.82) is 0 Å². The second-order valence-electron chi connectivity index (χ2n) is 1.97. The standard InChI is InChI=1S/C7H5F3O2/c1-11-4-2-3-5(12-10)7(9)6(4)8/h2-3H,1H3. The van der Waals surface area contributed by atoms with E-state index in [0.29, 0.717) is 0 Å². The SMILES string of the molecule is COc1ccc(OF)c(F)c1F. The number of ether oxygens (including phenoxy) is 1. The molecular formula is C7H5F3O2. The molecule has 0 saturated heterocycles. The zero-order valence-electron chi connectivity index (χ0n) is 6.11. The topological polar surface area (TPSA) is 18.5 Å². The lowest BCUT2D eigenvalue weighted by Crippen LogP contribution is -1.93. The van der Waals surface area contributed by atoms with E-state index < -0.39 is 17.4 Å². The number of benzene rings is 1. The summed E-state index contributed by atoms with van der Waals surface area (Å²) >= 11 is 0. The molecule has 0 aliphatic heterocycles. The van der Waals surface area contributed by atoms with Crippen molar-refractivity contribution in [1.82, 2.24) is 0 Å². The molecule has 0 unspecified atom stereocenters. The Labute approximate surface area is 66.4 Å². The highest BCUT2D eigenvalue weighted by Gasteiger charge is 2.15. The Morgan fingerprint density at radius 2 is 1.58 bits per heavy atom. The van der Waals surface area contributed by atoms with Crippen LogP contribution in [0.5, 0.6) is 11.5 Å². The smallest absolute Gasteiger partial charge is 0.210 e. The first-order chi connectivity index (χ1) is 5.70. The molecule has 0 N–H and O–H groups in total. The zero-order valence-corrected chi connectivity index (χ0v) is 6.11. The fourth-order valence-corrected chi connectivity index (χ4v) is 0.731. The number of halogens is 3. The van der Waals surface area contributed by atoms with E-state index in [4.69, 9.17) is 0 Å². The van der Waals surface area contributed by atoms with E-state index >= 15 is 0 Å². The van der Waals surface area contributed by atoms with E-state index in [-0.39, 0.29) is 5.75 Å². The molecule has 0 spiro atoms. The first-order valence-electron chi connectivity index (χ1n) is 3.01. The predicted octanol–water partition coefficient (Wildman–Crippen LogP) is 2.24. The zero-order chi connectivity index (χ0) is 9.14. The molecule has 66 valence electrons. The van der Waals surface area contributed by atoms with Crippen molar-refractivity contribution < 1.29 is 23.0 Å². The minimum atomic E-state index is -1.41. The van der Waals surface area contributed by atoms with Crippen LogP contribution in [0, 0.1) is 11.6 Å². The molecular weight excluding hydrogens is 173 g/mol. The molecule has 0 atom stereocenters. The summed E-state index contributed by atoms with van der Waals surface area (Å²) in [6, 6.07) is 1.99. The summed E-state index contributed by atoms with van der Waals surface area (Å²) in [5.74, 6) is -3.77. The van der Waals surface area contributed by atoms with Crippen LogP contribution in [0.25, 0.3) is 0 Å². The van der Waals surface area contributed by atoms with E-state index in [1.807, 2.05) is 0 Å². The normalized spacial score (nSPS) is 9.67. The van der Waals surface area contributed by atoms with E-state index in [9.17, 15) is 13.3 Å². The average Bonchev–Trinajstić information content (AvgIpc) is 2.10. The van der Waals surface area contributed by atoms with Crippen molar-refractivity contribution in [3.63, 3.8) is 0 Å². The van der Waals surface area contributed by atoms with Gasteiger partial charge in [0.1, 0.15) is 0 Å². The van der Waals surface area contributed by atoms with Gasteiger partial charge in [-0.3, -0.25) is 4.94 Å². The summed E-state index contributed by atoms with van der Waals surface area (Å²) in [4.78, 5) is 3.05.